The summed E-state index contributed by atoms with van der Waals surface area (Å²) in [4.78, 5) is 11.0. The van der Waals surface area contributed by atoms with Crippen LogP contribution in [0.2, 0.25) is 0 Å². The van der Waals surface area contributed by atoms with Crippen molar-refractivity contribution in [2.45, 2.75) is 0 Å². The van der Waals surface area contributed by atoms with Gasteiger partial charge < -0.3 is 0 Å². The summed E-state index contributed by atoms with van der Waals surface area (Å²) >= 11 is 1.88. The first-order chi connectivity index (χ1) is 23.8. The maximum atomic E-state index is 5.62. The highest BCUT2D eigenvalue weighted by atomic mass is 32.1. The second kappa shape index (κ2) is 9.71. The maximum Gasteiger partial charge on any atom is 0.165 e. The predicted molar refractivity (Wildman–Crippen MR) is 205 cm³/mol. The Morgan fingerprint density at radius 3 is 1.90 bits per heavy atom. The number of hydrogen-bond acceptors (Lipinski definition) is 3. The summed E-state index contributed by atoms with van der Waals surface area (Å²) in [5, 5.41) is 12.4. The van der Waals surface area contributed by atoms with Gasteiger partial charge in [-0.25, -0.2) is 9.97 Å². The van der Waals surface area contributed by atoms with Crippen molar-refractivity contribution < 1.29 is 0 Å². The molecule has 4 heteroatoms. The molecule has 3 nitrogen and oxygen atoms in total. The Morgan fingerprint density at radius 2 is 1.08 bits per heavy atom. The van der Waals surface area contributed by atoms with Gasteiger partial charge in [0.1, 0.15) is 5.69 Å². The smallest absolute Gasteiger partial charge is 0.165 e. The Bertz CT molecular complexity index is 3120. The largest absolute Gasteiger partial charge is 0.290 e. The number of hydrogen-bond donors (Lipinski definition) is 0. The van der Waals surface area contributed by atoms with Gasteiger partial charge in [0.05, 0.1) is 26.8 Å². The van der Waals surface area contributed by atoms with Crippen LogP contribution in [0.15, 0.2) is 152 Å². The Hall–Kier alpha value is -6.10. The number of fused-ring (bicyclic) bond motifs is 15. The molecule has 0 aliphatic carbocycles. The molecule has 0 aliphatic rings. The molecule has 0 unspecified atom stereocenters. The van der Waals surface area contributed by atoms with E-state index >= 15 is 0 Å². The summed E-state index contributed by atoms with van der Waals surface area (Å²) in [5.74, 6) is 0.843. The molecule has 222 valence electrons. The zero-order valence-corrected chi connectivity index (χ0v) is 26.5. The molecular formula is C44H25N3S. The highest BCUT2D eigenvalue weighted by molar-refractivity contribution is 7.27. The molecule has 0 N–H and O–H groups in total. The molecule has 0 saturated carbocycles. The van der Waals surface area contributed by atoms with Gasteiger partial charge in [-0.2, -0.15) is 0 Å². The fourth-order valence-electron chi connectivity index (χ4n) is 7.89. The second-order valence-corrected chi connectivity index (χ2v) is 13.6. The Morgan fingerprint density at radius 1 is 0.458 bits per heavy atom. The zero-order chi connectivity index (χ0) is 31.3. The quantitative estimate of drug-likeness (QED) is 0.179. The van der Waals surface area contributed by atoms with E-state index in [-0.39, 0.29) is 0 Å². The minimum absolute atomic E-state index is 0.843. The van der Waals surface area contributed by atoms with Gasteiger partial charge in [-0.3, -0.25) is 4.57 Å². The summed E-state index contributed by atoms with van der Waals surface area (Å²) < 4.78 is 4.97. The molecule has 3 heterocycles. The van der Waals surface area contributed by atoms with E-state index in [0.717, 1.165) is 44.4 Å². The van der Waals surface area contributed by atoms with Crippen LogP contribution < -0.4 is 0 Å². The number of para-hydroxylation sites is 1. The lowest BCUT2D eigenvalue weighted by Crippen LogP contribution is -2.04. The van der Waals surface area contributed by atoms with Gasteiger partial charge in [-0.15, -0.1) is 11.3 Å². The molecule has 0 bridgehead atoms. The van der Waals surface area contributed by atoms with Gasteiger partial charge in [0, 0.05) is 37.2 Å². The maximum absolute atomic E-state index is 5.62. The number of rotatable bonds is 2. The molecule has 0 atom stereocenters. The average molecular weight is 628 g/mol. The lowest BCUT2D eigenvalue weighted by Gasteiger charge is -2.15. The number of aromatic nitrogens is 3. The van der Waals surface area contributed by atoms with E-state index in [4.69, 9.17) is 9.97 Å². The van der Waals surface area contributed by atoms with E-state index in [9.17, 15) is 0 Å². The molecule has 0 amide bonds. The van der Waals surface area contributed by atoms with Crippen molar-refractivity contribution >= 4 is 96.7 Å². The first kappa shape index (κ1) is 26.0. The lowest BCUT2D eigenvalue weighted by molar-refractivity contribution is 1.09. The van der Waals surface area contributed by atoms with E-state index in [1.54, 1.807) is 0 Å². The highest BCUT2D eigenvalue weighted by Gasteiger charge is 2.25. The number of nitrogens with zero attached hydrogens (tertiary/aromatic N) is 3. The number of thiophene rings is 1. The van der Waals surface area contributed by atoms with Crippen LogP contribution in [0.5, 0.6) is 0 Å². The molecule has 0 radical (unpaired) electrons. The number of benzene rings is 8. The molecule has 0 fully saturated rings. The SMILES string of the molecule is c1ccc(-c2nc3ccc4ccccc4c3nc2-n2c3ccccc3c3c4ccccc4c4c(sc5ccc6ccccc6c54)c32)cc1. The van der Waals surface area contributed by atoms with E-state index in [2.05, 4.69) is 156 Å². The Kier molecular flexibility index (Phi) is 5.26. The van der Waals surface area contributed by atoms with Crippen LogP contribution in [0.1, 0.15) is 0 Å². The van der Waals surface area contributed by atoms with Crippen molar-refractivity contribution in [1.29, 1.82) is 0 Å². The van der Waals surface area contributed by atoms with Crippen LogP contribution in [0, 0.1) is 0 Å². The lowest BCUT2D eigenvalue weighted by atomic mass is 9.96. The van der Waals surface area contributed by atoms with Crippen molar-refractivity contribution in [2.75, 3.05) is 0 Å². The van der Waals surface area contributed by atoms with Crippen LogP contribution >= 0.6 is 11.3 Å². The Balaban J connectivity index is 1.42. The highest BCUT2D eigenvalue weighted by Crippen LogP contribution is 2.49. The summed E-state index contributed by atoms with van der Waals surface area (Å²) in [7, 11) is 0. The van der Waals surface area contributed by atoms with E-state index in [1.165, 1.54) is 58.0 Å². The summed E-state index contributed by atoms with van der Waals surface area (Å²) in [5.41, 5.74) is 6.02. The minimum Gasteiger partial charge on any atom is -0.290 e. The second-order valence-electron chi connectivity index (χ2n) is 12.5. The van der Waals surface area contributed by atoms with Crippen molar-refractivity contribution in [3.63, 3.8) is 0 Å². The monoisotopic (exact) mass is 627 g/mol. The normalized spacial score (nSPS) is 12.2. The van der Waals surface area contributed by atoms with Crippen molar-refractivity contribution in [3.05, 3.63) is 152 Å². The predicted octanol–water partition coefficient (Wildman–Crippen LogP) is 12.2. The van der Waals surface area contributed by atoms with Crippen LogP contribution in [0.4, 0.5) is 0 Å². The first-order valence-corrected chi connectivity index (χ1v) is 17.1. The van der Waals surface area contributed by atoms with Crippen LogP contribution in [-0.4, -0.2) is 14.5 Å². The van der Waals surface area contributed by atoms with Gasteiger partial charge in [0.25, 0.3) is 0 Å². The molecule has 0 spiro atoms. The molecule has 11 rings (SSSR count). The molecule has 11 aromatic rings. The van der Waals surface area contributed by atoms with E-state index < -0.39 is 0 Å². The van der Waals surface area contributed by atoms with Crippen molar-refractivity contribution in [3.8, 4) is 17.1 Å². The average Bonchev–Trinajstić information content (AvgIpc) is 3.72. The molecule has 0 aliphatic heterocycles. The standard InChI is InChI=1S/C44H25N3S/c1-2-14-28(15-3-1)40-44(46-41-30-17-7-5-13-27(30)22-24-34(41)45-40)47-35-21-11-10-20-33(35)37-31-18-8-9-19-32(31)39-38-29-16-6-4-12-26(29)23-25-36(38)48-43(39)42(37)47/h1-25H. The van der Waals surface area contributed by atoms with Crippen LogP contribution in [-0.2, 0) is 0 Å². The van der Waals surface area contributed by atoms with Gasteiger partial charge >= 0.3 is 0 Å². The van der Waals surface area contributed by atoms with Gasteiger partial charge in [0.2, 0.25) is 0 Å². The summed E-state index contributed by atoms with van der Waals surface area (Å²) in [6.45, 7) is 0. The zero-order valence-electron chi connectivity index (χ0n) is 25.7. The summed E-state index contributed by atoms with van der Waals surface area (Å²) in [6.07, 6.45) is 0. The molecule has 3 aromatic heterocycles. The van der Waals surface area contributed by atoms with Gasteiger partial charge in [-0.1, -0.05) is 133 Å². The fraction of sp³-hybridized carbons (Fsp3) is 0. The Labute approximate surface area is 278 Å². The molecule has 0 saturated heterocycles. The van der Waals surface area contributed by atoms with E-state index in [1.807, 2.05) is 11.3 Å². The topological polar surface area (TPSA) is 30.7 Å². The fourth-order valence-corrected chi connectivity index (χ4v) is 9.16. The summed E-state index contributed by atoms with van der Waals surface area (Å²) in [6, 6.07) is 54.3. The van der Waals surface area contributed by atoms with Crippen molar-refractivity contribution in [2.24, 2.45) is 0 Å². The van der Waals surface area contributed by atoms with Gasteiger partial charge in [0.15, 0.2) is 5.82 Å². The third kappa shape index (κ3) is 3.47. The molecule has 48 heavy (non-hydrogen) atoms. The minimum atomic E-state index is 0.843. The van der Waals surface area contributed by atoms with E-state index in [0.29, 0.717) is 0 Å². The molecule has 8 aromatic carbocycles. The van der Waals surface area contributed by atoms with Crippen LogP contribution in [0.25, 0.3) is 102 Å². The molecular weight excluding hydrogens is 603 g/mol. The van der Waals surface area contributed by atoms with Gasteiger partial charge in [-0.05, 0) is 45.1 Å². The third-order valence-corrected chi connectivity index (χ3v) is 11.1. The van der Waals surface area contributed by atoms with Crippen molar-refractivity contribution in [1.82, 2.24) is 14.5 Å². The first-order valence-electron chi connectivity index (χ1n) is 16.3. The third-order valence-electron chi connectivity index (χ3n) is 9.94. The van der Waals surface area contributed by atoms with Crippen LogP contribution in [0.3, 0.4) is 0 Å².